The molecule has 1 aromatic rings. The quantitative estimate of drug-likeness (QED) is 0.0648. The molecule has 0 bridgehead atoms. The zero-order valence-electron chi connectivity index (χ0n) is 27.4. The Balaban J connectivity index is 1.99. The van der Waals surface area contributed by atoms with Gasteiger partial charge >= 0.3 is 0 Å². The maximum Gasteiger partial charge on any atom is 0.243 e. The van der Waals surface area contributed by atoms with Crippen LogP contribution < -0.4 is 4.57 Å². The van der Waals surface area contributed by atoms with Gasteiger partial charge in [-0.15, -0.1) is 0 Å². The Kier molecular flexibility index (Phi) is 26.7. The Morgan fingerprint density at radius 2 is 0.718 bits per heavy atom. The van der Waals surface area contributed by atoms with Gasteiger partial charge in [-0.05, 0) is 25.7 Å². The smallest absolute Gasteiger partial charge is 0.240 e. The van der Waals surface area contributed by atoms with E-state index in [-0.39, 0.29) is 0 Å². The predicted molar refractivity (Wildman–Crippen MR) is 175 cm³/mol. The number of aromatic nitrogens is 2. The zero-order chi connectivity index (χ0) is 28.1. The predicted octanol–water partition coefficient (Wildman–Crippen LogP) is 12.6. The summed E-state index contributed by atoms with van der Waals surface area (Å²) in [7, 11) is 2.16. The fourth-order valence-corrected chi connectivity index (χ4v) is 6.28. The maximum atomic E-state index is 2.50. The summed E-state index contributed by atoms with van der Waals surface area (Å²) >= 11 is 0. The average Bonchev–Trinajstić information content (AvgIpc) is 3.38. The van der Waals surface area contributed by atoms with Crippen molar-refractivity contribution in [1.82, 2.24) is 4.57 Å². The van der Waals surface area contributed by atoms with E-state index < -0.39 is 0 Å². The molecule has 0 amide bonds. The summed E-state index contributed by atoms with van der Waals surface area (Å²) in [6.45, 7) is 4.62. The lowest BCUT2D eigenvalue weighted by Gasteiger charge is -2.14. The van der Waals surface area contributed by atoms with Crippen LogP contribution in [0.4, 0.5) is 0 Å². The number of hydrogen-bond donors (Lipinski definition) is 0. The Hall–Kier alpha value is -0.790. The van der Waals surface area contributed by atoms with Crippen LogP contribution in [-0.4, -0.2) is 4.57 Å². The molecule has 39 heavy (non-hydrogen) atoms. The molecule has 0 aromatic carbocycles. The highest BCUT2D eigenvalue weighted by Crippen LogP contribution is 2.20. The van der Waals surface area contributed by atoms with Crippen LogP contribution in [0.5, 0.6) is 0 Å². The molecule has 0 unspecified atom stereocenters. The Bertz CT molecular complexity index is 560. The largest absolute Gasteiger partial charge is 0.243 e. The van der Waals surface area contributed by atoms with E-state index in [0.717, 1.165) is 0 Å². The molecule has 2 nitrogen and oxygen atoms in total. The molecule has 1 heterocycles. The Morgan fingerprint density at radius 1 is 0.436 bits per heavy atom. The summed E-state index contributed by atoms with van der Waals surface area (Å²) < 4.78 is 4.72. The van der Waals surface area contributed by atoms with Crippen LogP contribution in [0.2, 0.25) is 0 Å². The normalized spacial score (nSPS) is 11.7. The van der Waals surface area contributed by atoms with Crippen LogP contribution in [0, 0.1) is 0 Å². The van der Waals surface area contributed by atoms with Gasteiger partial charge in [0.15, 0.2) is 0 Å². The minimum Gasteiger partial charge on any atom is -0.240 e. The summed E-state index contributed by atoms with van der Waals surface area (Å²) in [5.41, 5.74) is 0. The van der Waals surface area contributed by atoms with Crippen molar-refractivity contribution in [2.24, 2.45) is 7.05 Å². The third-order valence-corrected chi connectivity index (χ3v) is 8.99. The highest BCUT2D eigenvalue weighted by Gasteiger charge is 2.15. The minimum absolute atomic E-state index is 0.709. The molecule has 0 N–H and O–H groups in total. The molecule has 0 saturated heterocycles. The topological polar surface area (TPSA) is 8.81 Å². The molecular formula is C37H73N2+. The molecule has 230 valence electrons. The second kappa shape index (κ2) is 28.7. The lowest BCUT2D eigenvalue weighted by Crippen LogP contribution is -2.37. The van der Waals surface area contributed by atoms with Crippen molar-refractivity contribution in [1.29, 1.82) is 0 Å². The SMILES string of the molecule is CCCCCCCCCCCCCCCCC(CCCCCCCCCCCCCCCC)[n+]1ccn(C)c1. The van der Waals surface area contributed by atoms with Crippen molar-refractivity contribution in [3.8, 4) is 0 Å². The number of nitrogens with zero attached hydrogens (tertiary/aromatic N) is 2. The van der Waals surface area contributed by atoms with Gasteiger partial charge in [-0.25, -0.2) is 9.13 Å². The van der Waals surface area contributed by atoms with Gasteiger partial charge in [0.05, 0.1) is 7.05 Å². The molecule has 0 spiro atoms. The fourth-order valence-electron chi connectivity index (χ4n) is 6.28. The summed E-state index contributed by atoms with van der Waals surface area (Å²) in [5.74, 6) is 0. The van der Waals surface area contributed by atoms with Gasteiger partial charge in [0.2, 0.25) is 6.33 Å². The van der Waals surface area contributed by atoms with E-state index in [9.17, 15) is 0 Å². The van der Waals surface area contributed by atoms with Crippen LogP contribution in [-0.2, 0) is 7.05 Å². The van der Waals surface area contributed by atoms with Gasteiger partial charge in [-0.3, -0.25) is 0 Å². The van der Waals surface area contributed by atoms with E-state index in [0.29, 0.717) is 6.04 Å². The van der Waals surface area contributed by atoms with E-state index in [1.807, 2.05) is 0 Å². The third-order valence-electron chi connectivity index (χ3n) is 8.99. The van der Waals surface area contributed by atoms with Gasteiger partial charge in [0.1, 0.15) is 18.4 Å². The molecule has 0 radical (unpaired) electrons. The van der Waals surface area contributed by atoms with Crippen LogP contribution in [0.1, 0.15) is 213 Å². The number of rotatable bonds is 31. The van der Waals surface area contributed by atoms with Crippen molar-refractivity contribution in [3.05, 3.63) is 18.7 Å². The minimum atomic E-state index is 0.709. The Labute approximate surface area is 247 Å². The van der Waals surface area contributed by atoms with Crippen molar-refractivity contribution >= 4 is 0 Å². The summed E-state index contributed by atoms with van der Waals surface area (Å²) in [4.78, 5) is 0. The van der Waals surface area contributed by atoms with Gasteiger partial charge in [-0.1, -0.05) is 181 Å². The maximum absolute atomic E-state index is 2.50. The van der Waals surface area contributed by atoms with Gasteiger partial charge < -0.3 is 0 Å². The van der Waals surface area contributed by atoms with Gasteiger partial charge in [0, 0.05) is 0 Å². The van der Waals surface area contributed by atoms with Crippen LogP contribution in [0.3, 0.4) is 0 Å². The summed E-state index contributed by atoms with van der Waals surface area (Å²) in [6.07, 6.45) is 50.1. The van der Waals surface area contributed by atoms with E-state index in [2.05, 4.69) is 48.8 Å². The average molecular weight is 546 g/mol. The molecule has 0 fully saturated rings. The number of aryl methyl sites for hydroxylation is 1. The third kappa shape index (κ3) is 23.6. The van der Waals surface area contributed by atoms with Crippen molar-refractivity contribution in [3.63, 3.8) is 0 Å². The van der Waals surface area contributed by atoms with Crippen LogP contribution >= 0.6 is 0 Å². The van der Waals surface area contributed by atoms with Gasteiger partial charge in [0.25, 0.3) is 0 Å². The van der Waals surface area contributed by atoms with Crippen molar-refractivity contribution in [2.45, 2.75) is 213 Å². The summed E-state index contributed by atoms with van der Waals surface area (Å²) in [6, 6.07) is 0.709. The molecule has 2 heteroatoms. The van der Waals surface area contributed by atoms with Crippen molar-refractivity contribution in [2.75, 3.05) is 0 Å². The van der Waals surface area contributed by atoms with E-state index >= 15 is 0 Å². The van der Waals surface area contributed by atoms with Crippen molar-refractivity contribution < 1.29 is 4.57 Å². The van der Waals surface area contributed by atoms with Crippen LogP contribution in [0.15, 0.2) is 18.7 Å². The highest BCUT2D eigenvalue weighted by molar-refractivity contribution is 4.65. The number of unbranched alkanes of at least 4 members (excludes halogenated alkanes) is 26. The number of imidazole rings is 1. The molecule has 0 atom stereocenters. The zero-order valence-corrected chi connectivity index (χ0v) is 27.4. The molecule has 1 aromatic heterocycles. The molecule has 0 aliphatic rings. The van der Waals surface area contributed by atoms with E-state index in [4.69, 9.17) is 0 Å². The molecule has 0 aliphatic carbocycles. The highest BCUT2D eigenvalue weighted by atomic mass is 15.1. The molecule has 0 saturated carbocycles. The first-order valence-corrected chi connectivity index (χ1v) is 18.3. The van der Waals surface area contributed by atoms with E-state index in [1.54, 1.807) is 0 Å². The first-order chi connectivity index (χ1) is 19.3. The first kappa shape index (κ1) is 36.2. The summed E-state index contributed by atoms with van der Waals surface area (Å²) in [5, 5.41) is 0. The standard InChI is InChI=1S/C37H73N2/c1-4-6-8-10-12-14-16-18-20-22-24-26-28-30-32-37(39-35-34-38(3)36-39)33-31-29-27-25-23-21-19-17-15-13-11-9-7-5-2/h34-37H,4-33H2,1-3H3/q+1. The van der Waals surface area contributed by atoms with Gasteiger partial charge in [-0.2, -0.15) is 0 Å². The lowest BCUT2D eigenvalue weighted by molar-refractivity contribution is -0.724. The lowest BCUT2D eigenvalue weighted by atomic mass is 9.99. The number of hydrogen-bond acceptors (Lipinski definition) is 0. The Morgan fingerprint density at radius 3 is 0.974 bits per heavy atom. The first-order valence-electron chi connectivity index (χ1n) is 18.3. The van der Waals surface area contributed by atoms with E-state index in [1.165, 1.54) is 193 Å². The molecule has 1 rings (SSSR count). The second-order valence-corrected chi connectivity index (χ2v) is 12.9. The fraction of sp³-hybridized carbons (Fsp3) is 0.919. The second-order valence-electron chi connectivity index (χ2n) is 12.9. The monoisotopic (exact) mass is 546 g/mol. The van der Waals surface area contributed by atoms with Crippen LogP contribution in [0.25, 0.3) is 0 Å². The molecular weight excluding hydrogens is 472 g/mol. The molecule has 0 aliphatic heterocycles.